The normalized spacial score (nSPS) is 13.6. The van der Waals surface area contributed by atoms with Gasteiger partial charge in [0.25, 0.3) is 5.91 Å². The molecule has 0 saturated carbocycles. The molecule has 0 bridgehead atoms. The van der Waals surface area contributed by atoms with Gasteiger partial charge in [-0.25, -0.2) is 4.98 Å². The van der Waals surface area contributed by atoms with E-state index in [9.17, 15) is 4.79 Å². The summed E-state index contributed by atoms with van der Waals surface area (Å²) in [5.74, 6) is 0.592. The maximum absolute atomic E-state index is 11.9. The maximum Gasteiger partial charge on any atom is 0.293 e. The zero-order valence-electron chi connectivity index (χ0n) is 9.73. The molecule has 18 heavy (non-hydrogen) atoms. The van der Waals surface area contributed by atoms with Crippen LogP contribution in [0.1, 0.15) is 33.3 Å². The van der Waals surface area contributed by atoms with Crippen LogP contribution in [-0.2, 0) is 19.4 Å². The van der Waals surface area contributed by atoms with E-state index in [1.807, 2.05) is 0 Å². The van der Waals surface area contributed by atoms with Crippen LogP contribution in [0.5, 0.6) is 0 Å². The molecule has 2 aromatic heterocycles. The number of hydrogen-bond acceptors (Lipinski definition) is 5. The lowest BCUT2D eigenvalue weighted by Crippen LogP contribution is -2.10. The Balaban J connectivity index is 1.73. The quantitative estimate of drug-likeness (QED) is 0.886. The fourth-order valence-electron chi connectivity index (χ4n) is 2.01. The number of aromatic nitrogens is 1. The Morgan fingerprint density at radius 1 is 1.50 bits per heavy atom. The Kier molecular flexibility index (Phi) is 2.89. The van der Waals surface area contributed by atoms with Crippen LogP contribution in [0.15, 0.2) is 16.5 Å². The molecule has 2 heterocycles. The van der Waals surface area contributed by atoms with Crippen molar-refractivity contribution >= 4 is 22.4 Å². The number of amides is 1. The lowest BCUT2D eigenvalue weighted by Gasteiger charge is -1.98. The molecule has 5 nitrogen and oxygen atoms in total. The molecule has 3 rings (SSSR count). The third kappa shape index (κ3) is 2.04. The third-order valence-electron chi connectivity index (χ3n) is 2.90. The van der Waals surface area contributed by atoms with Gasteiger partial charge < -0.3 is 10.2 Å². The van der Waals surface area contributed by atoms with Crippen molar-refractivity contribution in [3.63, 3.8) is 0 Å². The molecule has 0 fully saturated rings. The molecule has 2 aromatic rings. The first-order chi connectivity index (χ1) is 8.76. The average molecular weight is 263 g/mol. The smallest absolute Gasteiger partial charge is 0.293 e. The van der Waals surface area contributed by atoms with Gasteiger partial charge in [0.1, 0.15) is 5.76 Å². The highest BCUT2D eigenvalue weighted by Crippen LogP contribution is 2.30. The largest absolute Gasteiger partial charge is 0.455 e. The summed E-state index contributed by atoms with van der Waals surface area (Å²) in [6.45, 7) is 0.291. The van der Waals surface area contributed by atoms with Crippen LogP contribution in [0, 0.1) is 0 Å². The first kappa shape index (κ1) is 11.4. The Bertz CT molecular complexity index is 566. The van der Waals surface area contributed by atoms with Crippen LogP contribution in [0.3, 0.4) is 0 Å². The number of anilines is 1. The SMILES string of the molecule is NCc1ccc(C(=O)Nc2nc3c(s2)CCC3)o1. The third-order valence-corrected chi connectivity index (χ3v) is 3.98. The van der Waals surface area contributed by atoms with Crippen LogP contribution < -0.4 is 11.1 Å². The minimum Gasteiger partial charge on any atom is -0.455 e. The monoisotopic (exact) mass is 263 g/mol. The molecule has 0 saturated heterocycles. The van der Waals surface area contributed by atoms with Crippen molar-refractivity contribution < 1.29 is 9.21 Å². The van der Waals surface area contributed by atoms with Gasteiger partial charge in [-0.15, -0.1) is 11.3 Å². The predicted molar refractivity (Wildman–Crippen MR) is 68.7 cm³/mol. The van der Waals surface area contributed by atoms with Crippen LogP contribution in [-0.4, -0.2) is 10.9 Å². The molecule has 0 atom stereocenters. The van der Waals surface area contributed by atoms with E-state index in [0.29, 0.717) is 17.4 Å². The Morgan fingerprint density at radius 2 is 2.39 bits per heavy atom. The molecule has 94 valence electrons. The number of rotatable bonds is 3. The standard InChI is InChI=1S/C12H13N3O2S/c13-6-7-4-5-9(17-7)11(16)15-12-14-8-2-1-3-10(8)18-12/h4-5H,1-3,6,13H2,(H,14,15,16). The van der Waals surface area contributed by atoms with E-state index < -0.39 is 0 Å². The molecule has 1 aliphatic rings. The summed E-state index contributed by atoms with van der Waals surface area (Å²) in [7, 11) is 0. The summed E-state index contributed by atoms with van der Waals surface area (Å²) < 4.78 is 5.28. The number of nitrogens with two attached hydrogens (primary N) is 1. The van der Waals surface area contributed by atoms with E-state index in [1.54, 1.807) is 23.5 Å². The fourth-order valence-corrected chi connectivity index (χ4v) is 3.06. The molecule has 3 N–H and O–H groups in total. The number of nitrogens with one attached hydrogen (secondary N) is 1. The zero-order chi connectivity index (χ0) is 12.5. The molecule has 0 unspecified atom stereocenters. The second kappa shape index (κ2) is 4.55. The summed E-state index contributed by atoms with van der Waals surface area (Å²) in [6, 6.07) is 3.33. The predicted octanol–water partition coefficient (Wildman–Crippen LogP) is 1.94. The number of furan rings is 1. The van der Waals surface area contributed by atoms with Crippen molar-refractivity contribution in [1.82, 2.24) is 4.98 Å². The highest BCUT2D eigenvalue weighted by atomic mass is 32.1. The van der Waals surface area contributed by atoms with Crippen molar-refractivity contribution in [2.24, 2.45) is 5.73 Å². The van der Waals surface area contributed by atoms with Crippen LogP contribution in [0.2, 0.25) is 0 Å². The second-order valence-electron chi connectivity index (χ2n) is 4.17. The van der Waals surface area contributed by atoms with Crippen molar-refractivity contribution in [2.45, 2.75) is 25.8 Å². The number of carbonyl (C=O) groups excluding carboxylic acids is 1. The number of thiazole rings is 1. The minimum absolute atomic E-state index is 0.269. The summed E-state index contributed by atoms with van der Waals surface area (Å²) in [4.78, 5) is 17.6. The van der Waals surface area contributed by atoms with E-state index in [0.717, 1.165) is 18.5 Å². The van der Waals surface area contributed by atoms with E-state index >= 15 is 0 Å². The summed E-state index contributed by atoms with van der Waals surface area (Å²) in [6.07, 6.45) is 3.25. The number of carbonyl (C=O) groups is 1. The second-order valence-corrected chi connectivity index (χ2v) is 5.25. The lowest BCUT2D eigenvalue weighted by molar-refractivity contribution is 0.0995. The average Bonchev–Trinajstić information content (AvgIpc) is 3.02. The highest BCUT2D eigenvalue weighted by molar-refractivity contribution is 7.15. The van der Waals surface area contributed by atoms with Gasteiger partial charge in [0.05, 0.1) is 12.2 Å². The van der Waals surface area contributed by atoms with Crippen molar-refractivity contribution in [3.8, 4) is 0 Å². The van der Waals surface area contributed by atoms with Crippen LogP contribution in [0.4, 0.5) is 5.13 Å². The number of hydrogen-bond donors (Lipinski definition) is 2. The van der Waals surface area contributed by atoms with Gasteiger partial charge in [-0.3, -0.25) is 10.1 Å². The minimum atomic E-state index is -0.276. The molecular weight excluding hydrogens is 250 g/mol. The molecule has 0 aliphatic heterocycles. The number of nitrogens with zero attached hydrogens (tertiary/aromatic N) is 1. The number of aryl methyl sites for hydroxylation is 2. The van der Waals surface area contributed by atoms with Crippen LogP contribution >= 0.6 is 11.3 Å². The Morgan fingerprint density at radius 3 is 3.11 bits per heavy atom. The first-order valence-electron chi connectivity index (χ1n) is 5.85. The summed E-state index contributed by atoms with van der Waals surface area (Å²) in [5, 5.41) is 3.41. The molecule has 6 heteroatoms. The van der Waals surface area contributed by atoms with Gasteiger partial charge in [-0.1, -0.05) is 0 Å². The van der Waals surface area contributed by atoms with Crippen LogP contribution in [0.25, 0.3) is 0 Å². The van der Waals surface area contributed by atoms with Crippen molar-refractivity contribution in [1.29, 1.82) is 0 Å². The summed E-state index contributed by atoms with van der Waals surface area (Å²) >= 11 is 1.55. The van der Waals surface area contributed by atoms with Crippen molar-refractivity contribution in [2.75, 3.05) is 5.32 Å². The molecule has 1 aliphatic carbocycles. The molecule has 0 radical (unpaired) electrons. The Labute approximate surface area is 108 Å². The molecule has 1 amide bonds. The lowest BCUT2D eigenvalue weighted by atomic mass is 10.4. The molecule has 0 aromatic carbocycles. The van der Waals surface area contributed by atoms with Crippen molar-refractivity contribution in [3.05, 3.63) is 34.2 Å². The maximum atomic E-state index is 11.9. The summed E-state index contributed by atoms with van der Waals surface area (Å²) in [5.41, 5.74) is 6.55. The molecule has 0 spiro atoms. The van der Waals surface area contributed by atoms with Gasteiger partial charge in [0.15, 0.2) is 10.9 Å². The number of fused-ring (bicyclic) bond motifs is 1. The van der Waals surface area contributed by atoms with Gasteiger partial charge in [-0.05, 0) is 31.4 Å². The Hall–Kier alpha value is -1.66. The van der Waals surface area contributed by atoms with E-state index in [1.165, 1.54) is 11.3 Å². The van der Waals surface area contributed by atoms with Gasteiger partial charge in [-0.2, -0.15) is 0 Å². The zero-order valence-corrected chi connectivity index (χ0v) is 10.5. The van der Waals surface area contributed by atoms with Gasteiger partial charge >= 0.3 is 0 Å². The first-order valence-corrected chi connectivity index (χ1v) is 6.66. The highest BCUT2D eigenvalue weighted by Gasteiger charge is 2.19. The fraction of sp³-hybridized carbons (Fsp3) is 0.333. The topological polar surface area (TPSA) is 81.2 Å². The van der Waals surface area contributed by atoms with Gasteiger partial charge in [0, 0.05) is 4.88 Å². The van der Waals surface area contributed by atoms with E-state index in [-0.39, 0.29) is 11.7 Å². The van der Waals surface area contributed by atoms with E-state index in [2.05, 4.69) is 10.3 Å². The molecular formula is C12H13N3O2S. The van der Waals surface area contributed by atoms with Gasteiger partial charge in [0.2, 0.25) is 0 Å². The van der Waals surface area contributed by atoms with E-state index in [4.69, 9.17) is 10.2 Å².